The van der Waals surface area contributed by atoms with E-state index >= 15 is 0 Å². The Morgan fingerprint density at radius 3 is 2.50 bits per heavy atom. The smallest absolute Gasteiger partial charge is 0.226 e. The third-order valence-corrected chi connectivity index (χ3v) is 5.72. The summed E-state index contributed by atoms with van der Waals surface area (Å²) in [6, 6.07) is 15.0. The van der Waals surface area contributed by atoms with E-state index in [1.807, 2.05) is 36.4 Å². The van der Waals surface area contributed by atoms with Crippen molar-refractivity contribution in [2.24, 2.45) is 0 Å². The van der Waals surface area contributed by atoms with Crippen LogP contribution in [-0.2, 0) is 11.2 Å². The number of aryl methyl sites for hydroxylation is 1. The highest BCUT2D eigenvalue weighted by Gasteiger charge is 2.21. The minimum atomic E-state index is -0.152. The molecule has 2 aromatic carbocycles. The van der Waals surface area contributed by atoms with E-state index in [4.69, 9.17) is 21.0 Å². The summed E-state index contributed by atoms with van der Waals surface area (Å²) in [6.45, 7) is 1.83. The van der Waals surface area contributed by atoms with Crippen molar-refractivity contribution >= 4 is 40.2 Å². The van der Waals surface area contributed by atoms with Crippen LogP contribution < -0.4 is 10.2 Å². The van der Waals surface area contributed by atoms with Crippen molar-refractivity contribution in [1.82, 2.24) is 15.0 Å². The molecule has 0 unspecified atom stereocenters. The van der Waals surface area contributed by atoms with Gasteiger partial charge in [0.2, 0.25) is 5.91 Å². The van der Waals surface area contributed by atoms with Crippen LogP contribution in [-0.4, -0.2) is 33.9 Å². The molecule has 1 saturated heterocycles. The lowest BCUT2D eigenvalue weighted by atomic mass is 10.2. The van der Waals surface area contributed by atoms with E-state index in [0.717, 1.165) is 48.3 Å². The molecule has 0 aliphatic carbocycles. The fraction of sp³-hybridized carbons (Fsp3) is 0.250. The predicted octanol–water partition coefficient (Wildman–Crippen LogP) is 5.11. The van der Waals surface area contributed by atoms with Gasteiger partial charge < -0.3 is 14.6 Å². The molecule has 0 radical (unpaired) electrons. The number of amides is 1. The van der Waals surface area contributed by atoms with E-state index < -0.39 is 0 Å². The van der Waals surface area contributed by atoms with E-state index in [9.17, 15) is 4.79 Å². The Morgan fingerprint density at radius 2 is 1.75 bits per heavy atom. The van der Waals surface area contributed by atoms with E-state index in [2.05, 4.69) is 20.2 Å². The van der Waals surface area contributed by atoms with Gasteiger partial charge in [0.1, 0.15) is 0 Å². The highest BCUT2D eigenvalue weighted by atomic mass is 35.5. The molecule has 3 heterocycles. The number of halogens is 1. The van der Waals surface area contributed by atoms with Crippen LogP contribution in [0.25, 0.3) is 22.4 Å². The first-order valence-corrected chi connectivity index (χ1v) is 11.1. The van der Waals surface area contributed by atoms with Gasteiger partial charge in [0.25, 0.3) is 0 Å². The summed E-state index contributed by atoms with van der Waals surface area (Å²) < 4.78 is 5.80. The number of hydrogen-bond acceptors (Lipinski definition) is 6. The number of nitrogens with zero attached hydrogens (tertiary/aromatic N) is 4. The molecule has 7 nitrogen and oxygen atoms in total. The molecule has 1 aliphatic heterocycles. The number of anilines is 2. The van der Waals surface area contributed by atoms with Gasteiger partial charge in [-0.1, -0.05) is 23.7 Å². The summed E-state index contributed by atoms with van der Waals surface area (Å²) in [4.78, 5) is 28.7. The number of carbonyl (C=O) groups excluding carboxylic acids is 1. The Labute approximate surface area is 190 Å². The summed E-state index contributed by atoms with van der Waals surface area (Å²) >= 11 is 5.94. The number of nitrogens with one attached hydrogen (secondary N) is 1. The minimum absolute atomic E-state index is 0.152. The van der Waals surface area contributed by atoms with Gasteiger partial charge in [-0.3, -0.25) is 4.79 Å². The molecule has 1 aliphatic rings. The number of para-hydroxylation sites is 2. The number of hydrogen-bond donors (Lipinski definition) is 1. The van der Waals surface area contributed by atoms with Crippen molar-refractivity contribution in [2.75, 3.05) is 23.3 Å². The molecule has 32 heavy (non-hydrogen) atoms. The van der Waals surface area contributed by atoms with E-state index in [-0.39, 0.29) is 12.3 Å². The van der Waals surface area contributed by atoms with Gasteiger partial charge in [0.05, 0.1) is 17.2 Å². The zero-order valence-corrected chi connectivity index (χ0v) is 18.2. The molecule has 5 rings (SSSR count). The van der Waals surface area contributed by atoms with Gasteiger partial charge >= 0.3 is 0 Å². The maximum Gasteiger partial charge on any atom is 0.226 e. The predicted molar refractivity (Wildman–Crippen MR) is 125 cm³/mol. The van der Waals surface area contributed by atoms with Crippen molar-refractivity contribution in [2.45, 2.75) is 25.7 Å². The number of benzene rings is 2. The van der Waals surface area contributed by atoms with Crippen LogP contribution >= 0.6 is 11.6 Å². The Bertz CT molecular complexity index is 1250. The first kappa shape index (κ1) is 20.5. The van der Waals surface area contributed by atoms with E-state index in [1.54, 1.807) is 18.3 Å². The van der Waals surface area contributed by atoms with Gasteiger partial charge in [-0.05, 0) is 49.2 Å². The van der Waals surface area contributed by atoms with Crippen LogP contribution in [0.2, 0.25) is 5.02 Å². The molecule has 1 amide bonds. The SMILES string of the molecule is O=C(CCc1ncc(-c2ccc(Cl)cc2)o1)Nc1nc2ccccc2nc1N1CCCC1. The quantitative estimate of drug-likeness (QED) is 0.442. The number of rotatable bonds is 6. The molecule has 0 atom stereocenters. The molecule has 4 aromatic rings. The molecule has 0 bridgehead atoms. The number of aromatic nitrogens is 3. The van der Waals surface area contributed by atoms with Gasteiger partial charge in [-0.15, -0.1) is 0 Å². The second-order valence-electron chi connectivity index (χ2n) is 7.75. The van der Waals surface area contributed by atoms with Crippen LogP contribution in [0.5, 0.6) is 0 Å². The van der Waals surface area contributed by atoms with Crippen molar-refractivity contribution < 1.29 is 9.21 Å². The van der Waals surface area contributed by atoms with Crippen LogP contribution in [0, 0.1) is 0 Å². The summed E-state index contributed by atoms with van der Waals surface area (Å²) in [5, 5.41) is 3.62. The summed E-state index contributed by atoms with van der Waals surface area (Å²) in [7, 11) is 0. The monoisotopic (exact) mass is 447 g/mol. The van der Waals surface area contributed by atoms with Crippen LogP contribution in [0.4, 0.5) is 11.6 Å². The molecule has 162 valence electrons. The summed E-state index contributed by atoms with van der Waals surface area (Å²) in [5.41, 5.74) is 2.47. The Morgan fingerprint density at radius 1 is 1.03 bits per heavy atom. The van der Waals surface area contributed by atoms with Crippen LogP contribution in [0.1, 0.15) is 25.2 Å². The number of carbonyl (C=O) groups is 1. The maximum absolute atomic E-state index is 12.7. The maximum atomic E-state index is 12.7. The Kier molecular flexibility index (Phi) is 5.73. The van der Waals surface area contributed by atoms with Crippen LogP contribution in [0.3, 0.4) is 0 Å². The Balaban J connectivity index is 1.29. The molecule has 1 fully saturated rings. The van der Waals surface area contributed by atoms with Gasteiger partial charge in [-0.2, -0.15) is 0 Å². The van der Waals surface area contributed by atoms with Crippen molar-refractivity contribution in [3.63, 3.8) is 0 Å². The standard InChI is InChI=1S/C24H22ClN5O2/c25-17-9-7-16(8-10-17)20-15-26-22(32-20)12-11-21(31)29-23-24(30-13-3-4-14-30)28-19-6-2-1-5-18(19)27-23/h1-2,5-10,15H,3-4,11-14H2,(H,27,29,31). The first-order chi connectivity index (χ1) is 15.7. The average molecular weight is 448 g/mol. The second kappa shape index (κ2) is 8.96. The first-order valence-electron chi connectivity index (χ1n) is 10.7. The second-order valence-corrected chi connectivity index (χ2v) is 8.19. The molecular weight excluding hydrogens is 426 g/mol. The lowest BCUT2D eigenvalue weighted by Crippen LogP contribution is -2.23. The normalized spacial score (nSPS) is 13.6. The zero-order chi connectivity index (χ0) is 21.9. The highest BCUT2D eigenvalue weighted by molar-refractivity contribution is 6.30. The fourth-order valence-electron chi connectivity index (χ4n) is 3.81. The lowest BCUT2D eigenvalue weighted by Gasteiger charge is -2.20. The van der Waals surface area contributed by atoms with E-state index in [0.29, 0.717) is 28.9 Å². The van der Waals surface area contributed by atoms with Crippen LogP contribution in [0.15, 0.2) is 59.1 Å². The summed E-state index contributed by atoms with van der Waals surface area (Å²) in [6.07, 6.45) is 4.51. The molecule has 8 heteroatoms. The number of oxazole rings is 1. The molecule has 2 aromatic heterocycles. The highest BCUT2D eigenvalue weighted by Crippen LogP contribution is 2.28. The average Bonchev–Trinajstić information content (AvgIpc) is 3.50. The lowest BCUT2D eigenvalue weighted by molar-refractivity contribution is -0.116. The van der Waals surface area contributed by atoms with E-state index in [1.165, 1.54) is 0 Å². The molecule has 0 spiro atoms. The van der Waals surface area contributed by atoms with Crippen molar-refractivity contribution in [3.05, 3.63) is 65.6 Å². The third-order valence-electron chi connectivity index (χ3n) is 5.46. The van der Waals surface area contributed by atoms with Gasteiger partial charge in [0.15, 0.2) is 23.3 Å². The number of fused-ring (bicyclic) bond motifs is 1. The third kappa shape index (κ3) is 4.43. The zero-order valence-electron chi connectivity index (χ0n) is 17.4. The topological polar surface area (TPSA) is 84.2 Å². The fourth-order valence-corrected chi connectivity index (χ4v) is 3.94. The molecule has 0 saturated carbocycles. The van der Waals surface area contributed by atoms with Crippen molar-refractivity contribution in [3.8, 4) is 11.3 Å². The van der Waals surface area contributed by atoms with Gasteiger partial charge in [0, 0.05) is 36.5 Å². The van der Waals surface area contributed by atoms with Gasteiger partial charge in [-0.25, -0.2) is 15.0 Å². The molecular formula is C24H22ClN5O2. The molecule has 1 N–H and O–H groups in total. The largest absolute Gasteiger partial charge is 0.441 e. The van der Waals surface area contributed by atoms with Crippen molar-refractivity contribution in [1.29, 1.82) is 0 Å². The summed E-state index contributed by atoms with van der Waals surface area (Å²) in [5.74, 6) is 2.24. The Hall–Kier alpha value is -3.45. The minimum Gasteiger partial charge on any atom is -0.441 e.